The van der Waals surface area contributed by atoms with Gasteiger partial charge in [-0.1, -0.05) is 35.9 Å². The number of benzene rings is 2. The van der Waals surface area contributed by atoms with Gasteiger partial charge in [0, 0.05) is 17.6 Å². The number of anilines is 1. The fourth-order valence-electron chi connectivity index (χ4n) is 2.52. The molecule has 0 atom stereocenters. The Morgan fingerprint density at radius 3 is 2.37 bits per heavy atom. The molecule has 0 heterocycles. The number of rotatable bonds is 6. The molecule has 5 nitrogen and oxygen atoms in total. The van der Waals surface area contributed by atoms with Gasteiger partial charge in [0.25, 0.3) is 0 Å². The number of hydrogen-bond donors (Lipinski definition) is 2. The Hall–Kier alpha value is -2.53. The van der Waals surface area contributed by atoms with Gasteiger partial charge in [-0.05, 0) is 50.5 Å². The smallest absolute Gasteiger partial charge is 0.239 e. The van der Waals surface area contributed by atoms with Gasteiger partial charge in [0.05, 0.1) is 12.8 Å². The average Bonchev–Trinajstić information content (AvgIpc) is 2.63. The number of aryl methyl sites for hydroxylation is 2. The molecular weight excluding hydrogens is 364 g/mol. The van der Waals surface area contributed by atoms with Crippen LogP contribution in [0.25, 0.3) is 0 Å². The number of ether oxygens (including phenoxy) is 1. The summed E-state index contributed by atoms with van der Waals surface area (Å²) >= 11 is 6.10. The zero-order chi connectivity index (χ0) is 20.2. The van der Waals surface area contributed by atoms with E-state index in [1.54, 1.807) is 26.0 Å². The van der Waals surface area contributed by atoms with Crippen LogP contribution < -0.4 is 15.4 Å². The molecule has 0 aliphatic carbocycles. The van der Waals surface area contributed by atoms with E-state index in [0.29, 0.717) is 23.0 Å². The zero-order valence-corrected chi connectivity index (χ0v) is 17.0. The number of methoxy groups -OCH3 is 1. The van der Waals surface area contributed by atoms with Crippen molar-refractivity contribution in [3.05, 3.63) is 58.1 Å². The average molecular weight is 389 g/mol. The summed E-state index contributed by atoms with van der Waals surface area (Å²) in [5.41, 5.74) is 2.11. The highest BCUT2D eigenvalue weighted by Crippen LogP contribution is 2.32. The Morgan fingerprint density at radius 2 is 1.74 bits per heavy atom. The monoisotopic (exact) mass is 388 g/mol. The Labute approximate surface area is 165 Å². The van der Waals surface area contributed by atoms with Gasteiger partial charge in [-0.15, -0.1) is 0 Å². The zero-order valence-electron chi connectivity index (χ0n) is 16.3. The molecule has 2 N–H and O–H groups in total. The standard InChI is InChI=1S/C21H25ClN2O3/c1-13-8-6-7-9-15(13)12-23-19(25)21(3,4)20(26)24-17-10-14(2)16(22)11-18(17)27-5/h6-11H,12H2,1-5H3,(H,23,25)(H,24,26). The fraction of sp³-hybridized carbons (Fsp3) is 0.333. The molecule has 0 fully saturated rings. The molecule has 27 heavy (non-hydrogen) atoms. The molecule has 0 unspecified atom stereocenters. The quantitative estimate of drug-likeness (QED) is 0.727. The number of nitrogens with one attached hydrogen (secondary N) is 2. The second-order valence-corrected chi connectivity index (χ2v) is 7.40. The van der Waals surface area contributed by atoms with Crippen LogP contribution in [-0.4, -0.2) is 18.9 Å². The lowest BCUT2D eigenvalue weighted by Gasteiger charge is -2.24. The molecule has 0 saturated heterocycles. The summed E-state index contributed by atoms with van der Waals surface area (Å²) < 4.78 is 5.27. The Morgan fingerprint density at radius 1 is 1.07 bits per heavy atom. The Bertz CT molecular complexity index is 863. The van der Waals surface area contributed by atoms with Crippen LogP contribution in [0.2, 0.25) is 5.02 Å². The molecule has 0 aromatic heterocycles. The molecule has 0 saturated carbocycles. The van der Waals surface area contributed by atoms with Crippen LogP contribution in [-0.2, 0) is 16.1 Å². The second-order valence-electron chi connectivity index (χ2n) is 6.99. The molecule has 2 rings (SSSR count). The third-order valence-electron chi connectivity index (χ3n) is 4.56. The predicted octanol–water partition coefficient (Wildman–Crippen LogP) is 4.25. The largest absolute Gasteiger partial charge is 0.495 e. The Kier molecular flexibility index (Phi) is 6.50. The molecule has 6 heteroatoms. The maximum atomic E-state index is 12.8. The molecule has 2 aromatic carbocycles. The Balaban J connectivity index is 2.11. The van der Waals surface area contributed by atoms with Crippen LogP contribution in [0.5, 0.6) is 5.75 Å². The van der Waals surface area contributed by atoms with Crippen molar-refractivity contribution in [2.24, 2.45) is 5.41 Å². The van der Waals surface area contributed by atoms with Crippen LogP contribution in [0.15, 0.2) is 36.4 Å². The second kappa shape index (κ2) is 8.44. The minimum Gasteiger partial charge on any atom is -0.495 e. The number of amides is 2. The normalized spacial score (nSPS) is 11.0. The third kappa shape index (κ3) is 4.80. The maximum absolute atomic E-state index is 12.8. The fourth-order valence-corrected chi connectivity index (χ4v) is 2.67. The molecule has 0 bridgehead atoms. The van der Waals surface area contributed by atoms with Crippen molar-refractivity contribution in [3.63, 3.8) is 0 Å². The lowest BCUT2D eigenvalue weighted by atomic mass is 9.90. The number of halogens is 1. The molecule has 0 radical (unpaired) electrons. The van der Waals surface area contributed by atoms with Crippen molar-refractivity contribution >= 4 is 29.1 Å². The molecule has 0 aliphatic rings. The number of carbonyl (C=O) groups excluding carboxylic acids is 2. The van der Waals surface area contributed by atoms with E-state index in [9.17, 15) is 9.59 Å². The van der Waals surface area contributed by atoms with Crippen molar-refractivity contribution in [2.45, 2.75) is 34.2 Å². The lowest BCUT2D eigenvalue weighted by molar-refractivity contribution is -0.138. The number of hydrogen-bond acceptors (Lipinski definition) is 3. The highest BCUT2D eigenvalue weighted by molar-refractivity contribution is 6.31. The van der Waals surface area contributed by atoms with Crippen molar-refractivity contribution in [1.29, 1.82) is 0 Å². The molecular formula is C21H25ClN2O3. The minimum atomic E-state index is -1.26. The van der Waals surface area contributed by atoms with E-state index in [-0.39, 0.29) is 5.91 Å². The molecule has 2 amide bonds. The summed E-state index contributed by atoms with van der Waals surface area (Å²) in [5, 5.41) is 6.16. The topological polar surface area (TPSA) is 67.4 Å². The molecule has 2 aromatic rings. The van der Waals surface area contributed by atoms with Crippen molar-refractivity contribution < 1.29 is 14.3 Å². The summed E-state index contributed by atoms with van der Waals surface area (Å²) in [4.78, 5) is 25.4. The van der Waals surface area contributed by atoms with Crippen LogP contribution in [0, 0.1) is 19.3 Å². The maximum Gasteiger partial charge on any atom is 0.239 e. The SMILES string of the molecule is COc1cc(Cl)c(C)cc1NC(=O)C(C)(C)C(=O)NCc1ccccc1C. The molecule has 0 aliphatic heterocycles. The summed E-state index contributed by atoms with van der Waals surface area (Å²) in [6, 6.07) is 11.2. The molecule has 144 valence electrons. The first kappa shape index (κ1) is 20.8. The van der Waals surface area contributed by atoms with E-state index < -0.39 is 11.3 Å². The summed E-state index contributed by atoms with van der Waals surface area (Å²) in [6.07, 6.45) is 0. The van der Waals surface area contributed by atoms with Crippen LogP contribution in [0.3, 0.4) is 0 Å². The summed E-state index contributed by atoms with van der Waals surface area (Å²) in [6.45, 7) is 7.35. The molecule has 0 spiro atoms. The van der Waals surface area contributed by atoms with E-state index >= 15 is 0 Å². The summed E-state index contributed by atoms with van der Waals surface area (Å²) in [5.74, 6) is -0.340. The third-order valence-corrected chi connectivity index (χ3v) is 4.97. The van der Waals surface area contributed by atoms with Gasteiger partial charge in [-0.2, -0.15) is 0 Å². The van der Waals surface area contributed by atoms with Gasteiger partial charge in [-0.3, -0.25) is 9.59 Å². The van der Waals surface area contributed by atoms with Crippen LogP contribution in [0.1, 0.15) is 30.5 Å². The highest BCUT2D eigenvalue weighted by atomic mass is 35.5. The van der Waals surface area contributed by atoms with Crippen LogP contribution in [0.4, 0.5) is 5.69 Å². The van der Waals surface area contributed by atoms with E-state index in [4.69, 9.17) is 16.3 Å². The van der Waals surface area contributed by atoms with Gasteiger partial charge in [0.1, 0.15) is 11.2 Å². The first-order valence-corrected chi connectivity index (χ1v) is 9.03. The van der Waals surface area contributed by atoms with Gasteiger partial charge < -0.3 is 15.4 Å². The highest BCUT2D eigenvalue weighted by Gasteiger charge is 2.36. The van der Waals surface area contributed by atoms with Crippen molar-refractivity contribution in [2.75, 3.05) is 12.4 Å². The van der Waals surface area contributed by atoms with Gasteiger partial charge in [-0.25, -0.2) is 0 Å². The van der Waals surface area contributed by atoms with E-state index in [1.165, 1.54) is 7.11 Å². The minimum absolute atomic E-state index is 0.354. The van der Waals surface area contributed by atoms with Gasteiger partial charge in [0.15, 0.2) is 0 Å². The van der Waals surface area contributed by atoms with Crippen molar-refractivity contribution in [3.8, 4) is 5.75 Å². The number of carbonyl (C=O) groups is 2. The van der Waals surface area contributed by atoms with Gasteiger partial charge >= 0.3 is 0 Å². The lowest BCUT2D eigenvalue weighted by Crippen LogP contribution is -2.45. The summed E-state index contributed by atoms with van der Waals surface area (Å²) in [7, 11) is 1.50. The van der Waals surface area contributed by atoms with Gasteiger partial charge in [0.2, 0.25) is 11.8 Å². The predicted molar refractivity (Wildman–Crippen MR) is 108 cm³/mol. The first-order chi connectivity index (χ1) is 12.7. The first-order valence-electron chi connectivity index (χ1n) is 8.65. The van der Waals surface area contributed by atoms with E-state index in [1.807, 2.05) is 38.1 Å². The van der Waals surface area contributed by atoms with E-state index in [0.717, 1.165) is 16.7 Å². The van der Waals surface area contributed by atoms with Crippen molar-refractivity contribution in [1.82, 2.24) is 5.32 Å². The van der Waals surface area contributed by atoms with Crippen LogP contribution >= 0.6 is 11.6 Å². The van der Waals surface area contributed by atoms with E-state index in [2.05, 4.69) is 10.6 Å².